The number of benzene rings is 1. The van der Waals surface area contributed by atoms with Gasteiger partial charge in [-0.3, -0.25) is 5.10 Å². The van der Waals surface area contributed by atoms with Crippen LogP contribution in [0.5, 0.6) is 0 Å². The summed E-state index contributed by atoms with van der Waals surface area (Å²) in [6, 6.07) is 2.99. The molecule has 0 amide bonds. The molecular formula is C18H16F6N6S2. The summed E-state index contributed by atoms with van der Waals surface area (Å²) < 4.78 is 78.6. The minimum atomic E-state index is -4.96. The van der Waals surface area contributed by atoms with E-state index in [1.165, 1.54) is 11.8 Å². The number of rotatable bonds is 6. The summed E-state index contributed by atoms with van der Waals surface area (Å²) in [5.41, 5.74) is -3.25. The predicted octanol–water partition coefficient (Wildman–Crippen LogP) is 5.99. The van der Waals surface area contributed by atoms with Crippen LogP contribution in [0.4, 0.5) is 32.2 Å². The monoisotopic (exact) mass is 494 g/mol. The minimum absolute atomic E-state index is 0.0591. The van der Waals surface area contributed by atoms with Crippen LogP contribution in [0.2, 0.25) is 0 Å². The van der Waals surface area contributed by atoms with Crippen LogP contribution in [0, 0.1) is 0 Å². The van der Waals surface area contributed by atoms with Gasteiger partial charge in [-0.15, -0.1) is 5.10 Å². The Balaban J connectivity index is 1.94. The normalized spacial score (nSPS) is 12.4. The molecule has 0 aliphatic heterocycles. The Labute approximate surface area is 187 Å². The lowest BCUT2D eigenvalue weighted by Gasteiger charge is -2.13. The van der Waals surface area contributed by atoms with Crippen molar-refractivity contribution in [3.8, 4) is 11.4 Å². The van der Waals surface area contributed by atoms with Crippen LogP contribution >= 0.6 is 23.5 Å². The van der Waals surface area contributed by atoms with Crippen LogP contribution < -0.4 is 5.32 Å². The third-order valence-corrected chi connectivity index (χ3v) is 5.15. The van der Waals surface area contributed by atoms with Gasteiger partial charge in [0.05, 0.1) is 11.1 Å². The van der Waals surface area contributed by atoms with Gasteiger partial charge in [0.1, 0.15) is 10.8 Å². The van der Waals surface area contributed by atoms with Gasteiger partial charge in [-0.25, -0.2) is 15.0 Å². The molecule has 32 heavy (non-hydrogen) atoms. The number of hydrogen-bond donors (Lipinski definition) is 2. The second kappa shape index (κ2) is 9.17. The molecule has 1 aromatic carbocycles. The Kier molecular flexibility index (Phi) is 6.93. The molecule has 6 nitrogen and oxygen atoms in total. The molecule has 0 unspecified atom stereocenters. The number of H-pyrrole nitrogens is 1. The van der Waals surface area contributed by atoms with Crippen molar-refractivity contribution in [2.24, 2.45) is 0 Å². The molecule has 172 valence electrons. The second-order valence-electron chi connectivity index (χ2n) is 6.74. The van der Waals surface area contributed by atoms with Gasteiger partial charge in [0, 0.05) is 17.7 Å². The van der Waals surface area contributed by atoms with Crippen LogP contribution in [0.25, 0.3) is 11.4 Å². The van der Waals surface area contributed by atoms with Crippen molar-refractivity contribution in [1.82, 2.24) is 25.1 Å². The van der Waals surface area contributed by atoms with E-state index in [0.29, 0.717) is 28.1 Å². The molecule has 0 aliphatic rings. The van der Waals surface area contributed by atoms with Crippen molar-refractivity contribution in [1.29, 1.82) is 0 Å². The lowest BCUT2D eigenvalue weighted by molar-refractivity contribution is -0.143. The summed E-state index contributed by atoms with van der Waals surface area (Å²) in [5, 5.41) is 10.4. The Hall–Kier alpha value is -2.48. The summed E-state index contributed by atoms with van der Waals surface area (Å²) in [4.78, 5) is 12.7. The third-order valence-electron chi connectivity index (χ3n) is 3.82. The molecule has 0 saturated carbocycles. The predicted molar refractivity (Wildman–Crippen MR) is 109 cm³/mol. The first-order valence-electron chi connectivity index (χ1n) is 8.95. The zero-order chi connectivity index (χ0) is 23.7. The van der Waals surface area contributed by atoms with Crippen molar-refractivity contribution in [3.63, 3.8) is 0 Å². The fraction of sp³-hybridized carbons (Fsp3) is 0.333. The topological polar surface area (TPSA) is 79.4 Å². The minimum Gasteiger partial charge on any atom is -0.368 e. The van der Waals surface area contributed by atoms with Crippen molar-refractivity contribution >= 4 is 29.3 Å². The number of alkyl halides is 6. The Morgan fingerprint density at radius 3 is 2.03 bits per heavy atom. The Morgan fingerprint density at radius 1 is 0.875 bits per heavy atom. The highest BCUT2D eigenvalue weighted by molar-refractivity contribution is 7.99. The number of halogens is 6. The maximum Gasteiger partial charge on any atom is 0.416 e. The highest BCUT2D eigenvalue weighted by atomic mass is 32.2. The Morgan fingerprint density at radius 2 is 1.50 bits per heavy atom. The summed E-state index contributed by atoms with van der Waals surface area (Å²) in [6.07, 6.45) is -8.12. The first-order valence-corrected chi connectivity index (χ1v) is 11.0. The van der Waals surface area contributed by atoms with Crippen LogP contribution in [-0.4, -0.2) is 37.4 Å². The van der Waals surface area contributed by atoms with Crippen molar-refractivity contribution in [2.75, 3.05) is 11.6 Å². The van der Waals surface area contributed by atoms with E-state index in [4.69, 9.17) is 0 Å². The number of hydrogen-bond acceptors (Lipinski definition) is 7. The molecule has 2 aromatic heterocycles. The van der Waals surface area contributed by atoms with Crippen molar-refractivity contribution in [3.05, 3.63) is 35.4 Å². The van der Waals surface area contributed by atoms with E-state index in [0.717, 1.165) is 11.8 Å². The average Bonchev–Trinajstić information content (AvgIpc) is 3.14. The largest absolute Gasteiger partial charge is 0.416 e. The van der Waals surface area contributed by atoms with E-state index >= 15 is 0 Å². The van der Waals surface area contributed by atoms with Gasteiger partial charge in [0.2, 0.25) is 5.16 Å². The summed E-state index contributed by atoms with van der Waals surface area (Å²) >= 11 is 2.30. The average molecular weight is 494 g/mol. The zero-order valence-corrected chi connectivity index (χ0v) is 18.4. The molecule has 0 radical (unpaired) electrons. The molecule has 2 N–H and O–H groups in total. The molecule has 0 fully saturated rings. The van der Waals surface area contributed by atoms with E-state index in [1.54, 1.807) is 12.3 Å². The number of thioether (sulfide) groups is 1. The first kappa shape index (κ1) is 24.2. The molecule has 0 saturated heterocycles. The lowest BCUT2D eigenvalue weighted by Crippen LogP contribution is -2.11. The van der Waals surface area contributed by atoms with Gasteiger partial charge in [-0.1, -0.05) is 11.8 Å². The Bertz CT molecular complexity index is 1060. The number of nitrogens with one attached hydrogen (secondary N) is 2. The SMILES string of the molecule is CSc1nc(NC(C)C)cc(Sc2n[nH]c(-c3cc(C(F)(F)F)cc(C(F)(F)F)c3)n2)n1. The fourth-order valence-electron chi connectivity index (χ4n) is 2.52. The van der Waals surface area contributed by atoms with Crippen LogP contribution in [0.15, 0.2) is 39.6 Å². The molecule has 0 atom stereocenters. The highest BCUT2D eigenvalue weighted by Gasteiger charge is 2.37. The summed E-state index contributed by atoms with van der Waals surface area (Å²) in [7, 11) is 0. The van der Waals surface area contributed by atoms with Crippen LogP contribution in [0.3, 0.4) is 0 Å². The fourth-order valence-corrected chi connectivity index (χ4v) is 3.68. The maximum absolute atomic E-state index is 13.1. The van der Waals surface area contributed by atoms with Gasteiger partial charge < -0.3 is 5.32 Å². The maximum atomic E-state index is 13.1. The highest BCUT2D eigenvalue weighted by Crippen LogP contribution is 2.38. The van der Waals surface area contributed by atoms with Gasteiger partial charge >= 0.3 is 12.4 Å². The van der Waals surface area contributed by atoms with E-state index < -0.39 is 23.5 Å². The molecule has 3 aromatic rings. The van der Waals surface area contributed by atoms with E-state index in [9.17, 15) is 26.3 Å². The number of aromatic nitrogens is 5. The summed E-state index contributed by atoms with van der Waals surface area (Å²) in [6.45, 7) is 3.86. The number of aromatic amines is 1. The van der Waals surface area contributed by atoms with E-state index in [1.807, 2.05) is 13.8 Å². The molecule has 0 aliphatic carbocycles. The number of nitrogens with zero attached hydrogens (tertiary/aromatic N) is 4. The quantitative estimate of drug-likeness (QED) is 0.189. The molecule has 0 spiro atoms. The lowest BCUT2D eigenvalue weighted by atomic mass is 10.0. The van der Waals surface area contributed by atoms with Gasteiger partial charge in [0.25, 0.3) is 0 Å². The van der Waals surface area contributed by atoms with Crippen molar-refractivity contribution in [2.45, 2.75) is 47.6 Å². The van der Waals surface area contributed by atoms with E-state index in [2.05, 4.69) is 30.5 Å². The zero-order valence-electron chi connectivity index (χ0n) is 16.8. The second-order valence-corrected chi connectivity index (χ2v) is 8.50. The summed E-state index contributed by atoms with van der Waals surface area (Å²) in [5.74, 6) is 0.328. The molecule has 3 rings (SSSR count). The van der Waals surface area contributed by atoms with Crippen LogP contribution in [0.1, 0.15) is 25.0 Å². The van der Waals surface area contributed by atoms with Crippen molar-refractivity contribution < 1.29 is 26.3 Å². The van der Waals surface area contributed by atoms with Crippen LogP contribution in [-0.2, 0) is 12.4 Å². The molecule has 2 heterocycles. The molecular weight excluding hydrogens is 478 g/mol. The number of anilines is 1. The van der Waals surface area contributed by atoms with Gasteiger partial charge in [0.15, 0.2) is 11.0 Å². The van der Waals surface area contributed by atoms with E-state index in [-0.39, 0.29) is 28.7 Å². The molecule has 14 heteroatoms. The smallest absolute Gasteiger partial charge is 0.368 e. The first-order chi connectivity index (χ1) is 14.8. The van der Waals surface area contributed by atoms with Gasteiger partial charge in [-0.05, 0) is 50.1 Å². The standard InChI is InChI=1S/C18H16F6N6S2/c1-8(2)25-12-7-13(27-15(26-12)31-3)32-16-28-14(29-30-16)9-4-10(17(19,20)21)6-11(5-9)18(22,23)24/h4-8H,1-3H3,(H,25,26,27)(H,28,29,30). The third kappa shape index (κ3) is 6.06. The molecule has 0 bridgehead atoms. The van der Waals surface area contributed by atoms with Gasteiger partial charge in [-0.2, -0.15) is 26.3 Å².